The number of carbonyl (C=O) groups is 1. The third kappa shape index (κ3) is 2.94. The summed E-state index contributed by atoms with van der Waals surface area (Å²) < 4.78 is 0. The molecule has 0 amide bonds. The summed E-state index contributed by atoms with van der Waals surface area (Å²) in [4.78, 5) is 18.1. The molecule has 2 rings (SSSR count). The molecule has 110 valence electrons. The normalized spacial score (nSPS) is 22.6. The number of aryl methyl sites for hydroxylation is 2. The zero-order chi connectivity index (χ0) is 14.9. The molecule has 0 saturated heterocycles. The van der Waals surface area contributed by atoms with E-state index in [4.69, 9.17) is 0 Å². The van der Waals surface area contributed by atoms with Crippen LogP contribution in [-0.2, 0) is 0 Å². The van der Waals surface area contributed by atoms with Gasteiger partial charge in [0.25, 0.3) is 0 Å². The Balaban J connectivity index is 2.37. The molecule has 1 N–H and O–H groups in total. The minimum Gasteiger partial charge on any atom is -0.478 e. The number of hydrogen-bond acceptors (Lipinski definition) is 3. The Hall–Kier alpha value is -1.58. The largest absolute Gasteiger partial charge is 0.478 e. The van der Waals surface area contributed by atoms with Gasteiger partial charge in [-0.05, 0) is 44.2 Å². The molecule has 1 aliphatic rings. The molecule has 0 radical (unpaired) electrons. The smallest absolute Gasteiger partial charge is 0.339 e. The Morgan fingerprint density at radius 2 is 2.10 bits per heavy atom. The molecule has 20 heavy (non-hydrogen) atoms. The molecular formula is C16H24N2O2. The van der Waals surface area contributed by atoms with E-state index in [0.717, 1.165) is 24.1 Å². The molecule has 1 fully saturated rings. The Morgan fingerprint density at radius 3 is 2.70 bits per heavy atom. The molecule has 1 saturated carbocycles. The minimum atomic E-state index is -0.888. The molecule has 1 heterocycles. The summed E-state index contributed by atoms with van der Waals surface area (Å²) in [6.07, 6.45) is 4.72. The highest BCUT2D eigenvalue weighted by Gasteiger charge is 2.27. The van der Waals surface area contributed by atoms with Crippen molar-refractivity contribution in [3.8, 4) is 0 Å². The van der Waals surface area contributed by atoms with E-state index in [0.29, 0.717) is 23.3 Å². The molecule has 4 heteroatoms. The number of rotatable bonds is 3. The van der Waals surface area contributed by atoms with Gasteiger partial charge in [0.2, 0.25) is 0 Å². The van der Waals surface area contributed by atoms with Crippen LogP contribution >= 0.6 is 0 Å². The number of pyridine rings is 1. The van der Waals surface area contributed by atoms with Crippen LogP contribution in [0.15, 0.2) is 6.07 Å². The van der Waals surface area contributed by atoms with Gasteiger partial charge in [-0.25, -0.2) is 9.78 Å². The second-order valence-corrected chi connectivity index (χ2v) is 6.12. The van der Waals surface area contributed by atoms with E-state index in [-0.39, 0.29) is 0 Å². The van der Waals surface area contributed by atoms with Crippen LogP contribution in [0.1, 0.15) is 54.2 Å². The zero-order valence-corrected chi connectivity index (χ0v) is 12.8. The molecule has 1 aliphatic carbocycles. The van der Waals surface area contributed by atoms with Crippen LogP contribution in [0.5, 0.6) is 0 Å². The van der Waals surface area contributed by atoms with Crippen LogP contribution in [0, 0.1) is 19.8 Å². The maximum absolute atomic E-state index is 11.5. The molecule has 0 aliphatic heterocycles. The van der Waals surface area contributed by atoms with Gasteiger partial charge in [-0.3, -0.25) is 0 Å². The van der Waals surface area contributed by atoms with Crippen molar-refractivity contribution in [1.29, 1.82) is 0 Å². The maximum Gasteiger partial charge on any atom is 0.339 e. The fraction of sp³-hybridized carbons (Fsp3) is 0.625. The maximum atomic E-state index is 11.5. The predicted octanol–water partition coefficient (Wildman–Crippen LogP) is 3.41. The van der Waals surface area contributed by atoms with Crippen LogP contribution in [0.4, 0.5) is 5.82 Å². The lowest BCUT2D eigenvalue weighted by atomic mass is 9.86. The zero-order valence-electron chi connectivity index (χ0n) is 12.8. The molecule has 4 nitrogen and oxygen atoms in total. The first-order chi connectivity index (χ1) is 9.40. The average molecular weight is 276 g/mol. The summed E-state index contributed by atoms with van der Waals surface area (Å²) in [5.74, 6) is 0.435. The topological polar surface area (TPSA) is 53.4 Å². The number of anilines is 1. The summed E-state index contributed by atoms with van der Waals surface area (Å²) in [6.45, 7) is 6.03. The third-order valence-corrected chi connectivity index (χ3v) is 4.33. The lowest BCUT2D eigenvalue weighted by molar-refractivity contribution is 0.0696. The highest BCUT2D eigenvalue weighted by atomic mass is 16.4. The van der Waals surface area contributed by atoms with Crippen molar-refractivity contribution in [2.45, 2.75) is 52.5 Å². The van der Waals surface area contributed by atoms with Crippen molar-refractivity contribution in [3.05, 3.63) is 22.9 Å². The van der Waals surface area contributed by atoms with Gasteiger partial charge >= 0.3 is 5.97 Å². The lowest BCUT2D eigenvalue weighted by Gasteiger charge is -2.35. The molecule has 0 bridgehead atoms. The Kier molecular flexibility index (Phi) is 4.31. The number of hydrogen-bond donors (Lipinski definition) is 1. The standard InChI is InChI=1S/C16H24N2O2/c1-10-6-5-7-13(8-10)18(4)15-14(16(19)20)11(2)9-12(3)17-15/h9-10,13H,5-8H2,1-4H3,(H,19,20). The molecule has 2 atom stereocenters. The van der Waals surface area contributed by atoms with Crippen LogP contribution < -0.4 is 4.90 Å². The van der Waals surface area contributed by atoms with Crippen molar-refractivity contribution in [1.82, 2.24) is 4.98 Å². The average Bonchev–Trinajstić information content (AvgIpc) is 2.36. The molecule has 1 aromatic rings. The molecule has 0 spiro atoms. The van der Waals surface area contributed by atoms with Gasteiger partial charge in [-0.1, -0.05) is 19.8 Å². The predicted molar refractivity (Wildman–Crippen MR) is 80.5 cm³/mol. The molecule has 2 unspecified atom stereocenters. The third-order valence-electron chi connectivity index (χ3n) is 4.33. The second kappa shape index (κ2) is 5.81. The number of carboxylic acids is 1. The summed E-state index contributed by atoms with van der Waals surface area (Å²) in [5, 5.41) is 9.47. The van der Waals surface area contributed by atoms with Crippen LogP contribution in [-0.4, -0.2) is 29.1 Å². The van der Waals surface area contributed by atoms with Crippen molar-refractivity contribution in [2.24, 2.45) is 5.92 Å². The number of nitrogens with zero attached hydrogens (tertiary/aromatic N) is 2. The van der Waals surface area contributed by atoms with Crippen molar-refractivity contribution >= 4 is 11.8 Å². The Morgan fingerprint density at radius 1 is 1.40 bits per heavy atom. The van der Waals surface area contributed by atoms with E-state index >= 15 is 0 Å². The number of aromatic carboxylic acids is 1. The van der Waals surface area contributed by atoms with Crippen LogP contribution in [0.3, 0.4) is 0 Å². The first-order valence-corrected chi connectivity index (χ1v) is 7.34. The van der Waals surface area contributed by atoms with Crippen LogP contribution in [0.25, 0.3) is 0 Å². The summed E-state index contributed by atoms with van der Waals surface area (Å²) in [5.41, 5.74) is 2.00. The molecule has 1 aromatic heterocycles. The van der Waals surface area contributed by atoms with Gasteiger partial charge in [0.05, 0.1) is 0 Å². The number of aromatic nitrogens is 1. The van der Waals surface area contributed by atoms with E-state index in [1.54, 1.807) is 0 Å². The van der Waals surface area contributed by atoms with E-state index in [1.807, 2.05) is 27.0 Å². The monoisotopic (exact) mass is 276 g/mol. The Bertz CT molecular complexity index is 513. The van der Waals surface area contributed by atoms with Gasteiger partial charge in [-0.15, -0.1) is 0 Å². The van der Waals surface area contributed by atoms with Gasteiger partial charge in [0.15, 0.2) is 0 Å². The van der Waals surface area contributed by atoms with Crippen molar-refractivity contribution < 1.29 is 9.90 Å². The number of carboxylic acid groups (broad SMARTS) is 1. The fourth-order valence-corrected chi connectivity index (χ4v) is 3.26. The minimum absolute atomic E-state index is 0.344. The highest BCUT2D eigenvalue weighted by Crippen LogP contribution is 2.31. The fourth-order valence-electron chi connectivity index (χ4n) is 3.26. The highest BCUT2D eigenvalue weighted by molar-refractivity contribution is 5.95. The van der Waals surface area contributed by atoms with Gasteiger partial charge in [-0.2, -0.15) is 0 Å². The summed E-state index contributed by atoms with van der Waals surface area (Å²) in [7, 11) is 1.98. The van der Waals surface area contributed by atoms with Gasteiger partial charge < -0.3 is 10.0 Å². The van der Waals surface area contributed by atoms with Gasteiger partial charge in [0.1, 0.15) is 11.4 Å². The summed E-state index contributed by atoms with van der Waals surface area (Å²) in [6, 6.07) is 2.23. The Labute approximate surface area is 120 Å². The van der Waals surface area contributed by atoms with Crippen molar-refractivity contribution in [2.75, 3.05) is 11.9 Å². The first-order valence-electron chi connectivity index (χ1n) is 7.34. The van der Waals surface area contributed by atoms with E-state index < -0.39 is 5.97 Å². The quantitative estimate of drug-likeness (QED) is 0.919. The van der Waals surface area contributed by atoms with Crippen molar-refractivity contribution in [3.63, 3.8) is 0 Å². The second-order valence-electron chi connectivity index (χ2n) is 6.12. The lowest BCUT2D eigenvalue weighted by Crippen LogP contribution is -2.37. The van der Waals surface area contributed by atoms with E-state index in [2.05, 4.69) is 16.8 Å². The SMILES string of the molecule is Cc1cc(C)c(C(=O)O)c(N(C)C2CCCC(C)C2)n1. The first kappa shape index (κ1) is 14.8. The van der Waals surface area contributed by atoms with Crippen LogP contribution in [0.2, 0.25) is 0 Å². The van der Waals surface area contributed by atoms with E-state index in [9.17, 15) is 9.90 Å². The summed E-state index contributed by atoms with van der Waals surface area (Å²) >= 11 is 0. The van der Waals surface area contributed by atoms with E-state index in [1.165, 1.54) is 12.8 Å². The molecular weight excluding hydrogens is 252 g/mol. The molecule has 0 aromatic carbocycles. The van der Waals surface area contributed by atoms with Gasteiger partial charge in [0, 0.05) is 18.8 Å².